The summed E-state index contributed by atoms with van der Waals surface area (Å²) in [6.07, 6.45) is 4.34. The number of aromatic nitrogens is 3. The Balaban J connectivity index is 2.28. The fourth-order valence-corrected chi connectivity index (χ4v) is 1.60. The van der Waals surface area contributed by atoms with Crippen molar-refractivity contribution in [2.45, 2.75) is 20.0 Å². The quantitative estimate of drug-likeness (QED) is 0.774. The smallest absolute Gasteiger partial charge is 0.216 e. The summed E-state index contributed by atoms with van der Waals surface area (Å²) in [5.74, 6) is 0.630. The molecule has 2 heterocycles. The largest absolute Gasteiger partial charge is 0.489 e. The number of hydrogen-bond acceptors (Lipinski definition) is 6. The van der Waals surface area contributed by atoms with Crippen LogP contribution in [0.2, 0.25) is 0 Å². The second-order valence-corrected chi connectivity index (χ2v) is 4.35. The molecular formula is C14H15N3O3. The minimum atomic E-state index is -0.257. The van der Waals surface area contributed by atoms with Crippen molar-refractivity contribution in [3.63, 3.8) is 0 Å². The van der Waals surface area contributed by atoms with Gasteiger partial charge in [0, 0.05) is 17.8 Å². The average molecular weight is 273 g/mol. The van der Waals surface area contributed by atoms with Crippen molar-refractivity contribution >= 4 is 5.78 Å². The van der Waals surface area contributed by atoms with E-state index in [1.807, 2.05) is 13.8 Å². The number of rotatable bonds is 5. The minimum Gasteiger partial charge on any atom is -0.489 e. The van der Waals surface area contributed by atoms with Crippen LogP contribution in [-0.2, 0) is 0 Å². The number of ether oxygens (including phenoxy) is 2. The molecular weight excluding hydrogens is 258 g/mol. The van der Waals surface area contributed by atoms with Crippen molar-refractivity contribution < 1.29 is 14.3 Å². The molecule has 2 aromatic rings. The molecule has 0 aliphatic rings. The SMILES string of the molecule is COc1cc(C(=O)c2cncc(OC(C)C)c2)ncn1. The van der Waals surface area contributed by atoms with Gasteiger partial charge in [-0.3, -0.25) is 9.78 Å². The van der Waals surface area contributed by atoms with E-state index in [9.17, 15) is 4.79 Å². The van der Waals surface area contributed by atoms with E-state index in [2.05, 4.69) is 15.0 Å². The molecule has 6 heteroatoms. The van der Waals surface area contributed by atoms with Crippen LogP contribution in [0.5, 0.6) is 11.6 Å². The molecule has 0 amide bonds. The van der Waals surface area contributed by atoms with Gasteiger partial charge in [-0.05, 0) is 19.9 Å². The Labute approximate surface area is 116 Å². The first-order valence-corrected chi connectivity index (χ1v) is 6.12. The summed E-state index contributed by atoms with van der Waals surface area (Å²) in [4.78, 5) is 24.1. The van der Waals surface area contributed by atoms with Crippen LogP contribution < -0.4 is 9.47 Å². The van der Waals surface area contributed by atoms with E-state index in [-0.39, 0.29) is 17.6 Å². The van der Waals surface area contributed by atoms with Crippen LogP contribution in [0.3, 0.4) is 0 Å². The van der Waals surface area contributed by atoms with Crippen molar-refractivity contribution in [3.05, 3.63) is 42.1 Å². The summed E-state index contributed by atoms with van der Waals surface area (Å²) in [5.41, 5.74) is 0.657. The van der Waals surface area contributed by atoms with Gasteiger partial charge in [-0.15, -0.1) is 0 Å². The zero-order chi connectivity index (χ0) is 14.5. The Kier molecular flexibility index (Phi) is 4.24. The highest BCUT2D eigenvalue weighted by Gasteiger charge is 2.13. The standard InChI is InChI=1S/C14H15N3O3/c1-9(2)20-11-4-10(6-15-7-11)14(18)12-5-13(19-3)17-8-16-12/h4-9H,1-3H3. The normalized spacial score (nSPS) is 10.4. The van der Waals surface area contributed by atoms with Gasteiger partial charge in [0.15, 0.2) is 0 Å². The highest BCUT2D eigenvalue weighted by molar-refractivity contribution is 6.07. The third-order valence-corrected chi connectivity index (χ3v) is 2.43. The zero-order valence-electron chi connectivity index (χ0n) is 11.5. The molecule has 20 heavy (non-hydrogen) atoms. The molecule has 0 bridgehead atoms. The summed E-state index contributed by atoms with van der Waals surface area (Å²) in [6.45, 7) is 3.81. The predicted octanol–water partition coefficient (Wildman–Crippen LogP) is 1.90. The molecule has 0 spiro atoms. The highest BCUT2D eigenvalue weighted by atomic mass is 16.5. The molecule has 0 aromatic carbocycles. The van der Waals surface area contributed by atoms with E-state index < -0.39 is 0 Å². The van der Waals surface area contributed by atoms with Gasteiger partial charge in [-0.1, -0.05) is 0 Å². The highest BCUT2D eigenvalue weighted by Crippen LogP contribution is 2.16. The van der Waals surface area contributed by atoms with Crippen molar-refractivity contribution in [1.82, 2.24) is 15.0 Å². The summed E-state index contributed by atoms with van der Waals surface area (Å²) in [6, 6.07) is 3.13. The predicted molar refractivity (Wildman–Crippen MR) is 72.0 cm³/mol. The van der Waals surface area contributed by atoms with Gasteiger partial charge in [-0.2, -0.15) is 0 Å². The molecule has 0 atom stereocenters. The molecule has 2 rings (SSSR count). The Morgan fingerprint density at radius 3 is 2.70 bits per heavy atom. The lowest BCUT2D eigenvalue weighted by molar-refractivity contribution is 0.103. The molecule has 0 saturated heterocycles. The first kappa shape index (κ1) is 13.9. The van der Waals surface area contributed by atoms with Crippen LogP contribution in [0, 0.1) is 0 Å². The van der Waals surface area contributed by atoms with Gasteiger partial charge >= 0.3 is 0 Å². The molecule has 0 N–H and O–H groups in total. The molecule has 0 unspecified atom stereocenters. The summed E-state index contributed by atoms with van der Waals surface area (Å²) in [7, 11) is 1.48. The lowest BCUT2D eigenvalue weighted by Crippen LogP contribution is -2.09. The van der Waals surface area contributed by atoms with Gasteiger partial charge in [-0.25, -0.2) is 9.97 Å². The van der Waals surface area contributed by atoms with E-state index in [4.69, 9.17) is 9.47 Å². The maximum Gasteiger partial charge on any atom is 0.216 e. The minimum absolute atomic E-state index is 0.0151. The van der Waals surface area contributed by atoms with Gasteiger partial charge in [0.2, 0.25) is 11.7 Å². The average Bonchev–Trinajstić information content (AvgIpc) is 2.46. The fourth-order valence-electron chi connectivity index (χ4n) is 1.60. The topological polar surface area (TPSA) is 74.2 Å². The van der Waals surface area contributed by atoms with Gasteiger partial charge in [0.05, 0.1) is 19.4 Å². The molecule has 0 fully saturated rings. The first-order valence-electron chi connectivity index (χ1n) is 6.12. The van der Waals surface area contributed by atoms with Crippen LogP contribution in [0.25, 0.3) is 0 Å². The Morgan fingerprint density at radius 1 is 1.20 bits per heavy atom. The number of ketones is 1. The van der Waals surface area contributed by atoms with Gasteiger partial charge < -0.3 is 9.47 Å². The number of carbonyl (C=O) groups is 1. The van der Waals surface area contributed by atoms with Gasteiger partial charge in [0.1, 0.15) is 17.8 Å². The van der Waals surface area contributed by atoms with Crippen LogP contribution in [0.4, 0.5) is 0 Å². The Morgan fingerprint density at radius 2 is 2.00 bits per heavy atom. The second-order valence-electron chi connectivity index (χ2n) is 4.35. The lowest BCUT2D eigenvalue weighted by atomic mass is 10.1. The number of nitrogens with zero attached hydrogens (tertiary/aromatic N) is 3. The van der Waals surface area contributed by atoms with Crippen LogP contribution >= 0.6 is 0 Å². The molecule has 2 aromatic heterocycles. The van der Waals surface area contributed by atoms with Gasteiger partial charge in [0.25, 0.3) is 0 Å². The monoisotopic (exact) mass is 273 g/mol. The number of methoxy groups -OCH3 is 1. The molecule has 0 aliphatic heterocycles. The summed E-state index contributed by atoms with van der Waals surface area (Å²) < 4.78 is 10.5. The Hall–Kier alpha value is -2.50. The van der Waals surface area contributed by atoms with E-state index in [0.29, 0.717) is 17.2 Å². The number of pyridine rings is 1. The van der Waals surface area contributed by atoms with Crippen LogP contribution in [0.15, 0.2) is 30.9 Å². The summed E-state index contributed by atoms with van der Waals surface area (Å²) in [5, 5.41) is 0. The van der Waals surface area contributed by atoms with Crippen molar-refractivity contribution in [1.29, 1.82) is 0 Å². The van der Waals surface area contributed by atoms with E-state index in [1.54, 1.807) is 12.3 Å². The summed E-state index contributed by atoms with van der Waals surface area (Å²) >= 11 is 0. The first-order chi connectivity index (χ1) is 9.60. The lowest BCUT2D eigenvalue weighted by Gasteiger charge is -2.09. The zero-order valence-corrected chi connectivity index (χ0v) is 11.5. The fraction of sp³-hybridized carbons (Fsp3) is 0.286. The second kappa shape index (κ2) is 6.10. The maximum absolute atomic E-state index is 12.3. The van der Waals surface area contributed by atoms with Crippen molar-refractivity contribution in [3.8, 4) is 11.6 Å². The van der Waals surface area contributed by atoms with Crippen LogP contribution in [-0.4, -0.2) is 33.9 Å². The van der Waals surface area contributed by atoms with Crippen molar-refractivity contribution in [2.75, 3.05) is 7.11 Å². The Bertz CT molecular complexity index is 614. The molecule has 0 radical (unpaired) electrons. The van der Waals surface area contributed by atoms with Crippen LogP contribution in [0.1, 0.15) is 29.9 Å². The van der Waals surface area contributed by atoms with Crippen molar-refractivity contribution in [2.24, 2.45) is 0 Å². The molecule has 0 saturated carbocycles. The van der Waals surface area contributed by atoms with E-state index in [0.717, 1.165) is 0 Å². The number of hydrogen-bond donors (Lipinski definition) is 0. The molecule has 0 aliphatic carbocycles. The number of carbonyl (C=O) groups excluding carboxylic acids is 1. The third kappa shape index (κ3) is 3.28. The maximum atomic E-state index is 12.3. The molecule has 104 valence electrons. The third-order valence-electron chi connectivity index (χ3n) is 2.43. The van der Waals surface area contributed by atoms with E-state index in [1.165, 1.54) is 25.7 Å². The molecule has 6 nitrogen and oxygen atoms in total. The van der Waals surface area contributed by atoms with E-state index >= 15 is 0 Å².